The summed E-state index contributed by atoms with van der Waals surface area (Å²) in [5, 5.41) is 10.0. The van der Waals surface area contributed by atoms with Crippen LogP contribution in [0.25, 0.3) is 10.8 Å². The predicted molar refractivity (Wildman–Crippen MR) is 84.3 cm³/mol. The van der Waals surface area contributed by atoms with Gasteiger partial charge in [0.2, 0.25) is 5.88 Å². The molecule has 0 spiro atoms. The first kappa shape index (κ1) is 13.4. The third-order valence-electron chi connectivity index (χ3n) is 3.10. The van der Waals surface area contributed by atoms with Gasteiger partial charge < -0.3 is 10.5 Å². The van der Waals surface area contributed by atoms with E-state index in [0.717, 1.165) is 10.8 Å². The molecule has 0 bridgehead atoms. The molecular weight excluding hydrogens is 286 g/mol. The zero-order valence-electron chi connectivity index (χ0n) is 11.0. The van der Waals surface area contributed by atoms with Crippen molar-refractivity contribution in [2.75, 3.05) is 0 Å². The molecule has 5 heteroatoms. The Morgan fingerprint density at radius 3 is 2.57 bits per heavy atom. The van der Waals surface area contributed by atoms with E-state index in [2.05, 4.69) is 4.98 Å². The third-order valence-corrected chi connectivity index (χ3v) is 3.43. The first-order valence-corrected chi connectivity index (χ1v) is 6.69. The SMILES string of the molecule is N=C(N)c1cccnc1Oc1ccc(Cl)c2ccccc12. The molecule has 0 saturated heterocycles. The number of aromatic nitrogens is 1. The number of fused-ring (bicyclic) bond motifs is 1. The monoisotopic (exact) mass is 297 g/mol. The summed E-state index contributed by atoms with van der Waals surface area (Å²) < 4.78 is 5.85. The molecule has 0 fully saturated rings. The van der Waals surface area contributed by atoms with Gasteiger partial charge in [0.1, 0.15) is 11.6 Å². The number of nitrogen functional groups attached to an aromatic ring is 1. The highest BCUT2D eigenvalue weighted by atomic mass is 35.5. The molecule has 0 aliphatic heterocycles. The van der Waals surface area contributed by atoms with Crippen molar-refractivity contribution in [1.29, 1.82) is 5.41 Å². The van der Waals surface area contributed by atoms with Gasteiger partial charge in [-0.15, -0.1) is 0 Å². The molecule has 3 N–H and O–H groups in total. The number of hydrogen-bond donors (Lipinski definition) is 2. The molecule has 21 heavy (non-hydrogen) atoms. The van der Waals surface area contributed by atoms with Gasteiger partial charge in [0.15, 0.2) is 0 Å². The molecule has 104 valence electrons. The van der Waals surface area contributed by atoms with E-state index in [1.54, 1.807) is 30.5 Å². The zero-order chi connectivity index (χ0) is 14.8. The normalized spacial score (nSPS) is 10.5. The van der Waals surface area contributed by atoms with Gasteiger partial charge in [-0.2, -0.15) is 0 Å². The summed E-state index contributed by atoms with van der Waals surface area (Å²) in [6.45, 7) is 0. The molecule has 0 unspecified atom stereocenters. The van der Waals surface area contributed by atoms with Crippen molar-refractivity contribution in [2.45, 2.75) is 0 Å². The molecule has 1 heterocycles. The highest BCUT2D eigenvalue weighted by Crippen LogP contribution is 2.34. The second-order valence-corrected chi connectivity index (χ2v) is 4.87. The van der Waals surface area contributed by atoms with Gasteiger partial charge in [-0.3, -0.25) is 5.41 Å². The number of nitrogens with zero attached hydrogens (tertiary/aromatic N) is 1. The number of ether oxygens (including phenoxy) is 1. The van der Waals surface area contributed by atoms with Crippen LogP contribution in [0.4, 0.5) is 0 Å². The second kappa shape index (κ2) is 5.42. The fraction of sp³-hybridized carbons (Fsp3) is 0. The van der Waals surface area contributed by atoms with Crippen LogP contribution in [0.5, 0.6) is 11.6 Å². The Morgan fingerprint density at radius 2 is 1.81 bits per heavy atom. The Kier molecular flexibility index (Phi) is 3.46. The molecular formula is C16H12ClN3O. The van der Waals surface area contributed by atoms with Crippen molar-refractivity contribution in [2.24, 2.45) is 5.73 Å². The minimum absolute atomic E-state index is 0.0867. The van der Waals surface area contributed by atoms with Gasteiger partial charge in [-0.05, 0) is 24.3 Å². The standard InChI is InChI=1S/C16H12ClN3O/c17-13-7-8-14(11-5-2-1-4-10(11)13)21-16-12(15(18)19)6-3-9-20-16/h1-9H,(H3,18,19). The van der Waals surface area contributed by atoms with Gasteiger partial charge in [0, 0.05) is 22.0 Å². The Bertz CT molecular complexity index is 833. The van der Waals surface area contributed by atoms with E-state index in [4.69, 9.17) is 27.5 Å². The summed E-state index contributed by atoms with van der Waals surface area (Å²) in [7, 11) is 0. The number of benzene rings is 2. The summed E-state index contributed by atoms with van der Waals surface area (Å²) in [4.78, 5) is 4.15. The predicted octanol–water partition coefficient (Wildman–Crippen LogP) is 3.96. The van der Waals surface area contributed by atoms with E-state index in [1.807, 2.05) is 24.3 Å². The Balaban J connectivity index is 2.11. The second-order valence-electron chi connectivity index (χ2n) is 4.46. The Hall–Kier alpha value is -2.59. The number of nitrogens with one attached hydrogen (secondary N) is 1. The van der Waals surface area contributed by atoms with Gasteiger partial charge in [0.25, 0.3) is 0 Å². The van der Waals surface area contributed by atoms with E-state index >= 15 is 0 Å². The van der Waals surface area contributed by atoms with Crippen molar-refractivity contribution >= 4 is 28.2 Å². The molecule has 2 aromatic carbocycles. The molecule has 3 aromatic rings. The Morgan fingerprint density at radius 1 is 1.05 bits per heavy atom. The van der Waals surface area contributed by atoms with Crippen molar-refractivity contribution < 1.29 is 4.74 Å². The number of rotatable bonds is 3. The van der Waals surface area contributed by atoms with E-state index in [0.29, 0.717) is 22.2 Å². The van der Waals surface area contributed by atoms with Crippen LogP contribution in [0, 0.1) is 5.41 Å². The topological polar surface area (TPSA) is 72.0 Å². The highest BCUT2D eigenvalue weighted by Gasteiger charge is 2.11. The summed E-state index contributed by atoms with van der Waals surface area (Å²) in [6, 6.07) is 14.6. The van der Waals surface area contributed by atoms with Crippen molar-refractivity contribution in [3.05, 3.63) is 65.3 Å². The fourth-order valence-electron chi connectivity index (χ4n) is 2.10. The molecule has 0 saturated carbocycles. The average Bonchev–Trinajstić information content (AvgIpc) is 2.51. The number of halogens is 1. The van der Waals surface area contributed by atoms with E-state index in [9.17, 15) is 0 Å². The summed E-state index contributed by atoms with van der Waals surface area (Å²) in [5.74, 6) is 0.838. The lowest BCUT2D eigenvalue weighted by atomic mass is 10.1. The first-order chi connectivity index (χ1) is 10.2. The summed E-state index contributed by atoms with van der Waals surface area (Å²) >= 11 is 6.19. The number of hydrogen-bond acceptors (Lipinski definition) is 3. The highest BCUT2D eigenvalue weighted by molar-refractivity contribution is 6.35. The largest absolute Gasteiger partial charge is 0.438 e. The fourth-order valence-corrected chi connectivity index (χ4v) is 2.33. The maximum Gasteiger partial charge on any atom is 0.230 e. The maximum atomic E-state index is 7.58. The van der Waals surface area contributed by atoms with Crippen LogP contribution in [0.1, 0.15) is 5.56 Å². The lowest BCUT2D eigenvalue weighted by Gasteiger charge is -2.11. The van der Waals surface area contributed by atoms with Gasteiger partial charge in [-0.25, -0.2) is 4.98 Å². The molecule has 0 aliphatic carbocycles. The molecule has 4 nitrogen and oxygen atoms in total. The maximum absolute atomic E-state index is 7.58. The number of pyridine rings is 1. The Labute approximate surface area is 126 Å². The third kappa shape index (κ3) is 2.53. The summed E-state index contributed by atoms with van der Waals surface area (Å²) in [6.07, 6.45) is 1.60. The molecule has 3 rings (SSSR count). The van der Waals surface area contributed by atoms with E-state index in [1.165, 1.54) is 0 Å². The van der Waals surface area contributed by atoms with Crippen molar-refractivity contribution in [3.63, 3.8) is 0 Å². The molecule has 0 amide bonds. The van der Waals surface area contributed by atoms with Crippen LogP contribution in [-0.4, -0.2) is 10.8 Å². The van der Waals surface area contributed by atoms with Crippen LogP contribution in [0.2, 0.25) is 5.02 Å². The smallest absolute Gasteiger partial charge is 0.230 e. The van der Waals surface area contributed by atoms with Gasteiger partial charge in [0.05, 0.1) is 5.56 Å². The minimum Gasteiger partial charge on any atom is -0.438 e. The average molecular weight is 298 g/mol. The van der Waals surface area contributed by atoms with Crippen molar-refractivity contribution in [1.82, 2.24) is 4.98 Å². The van der Waals surface area contributed by atoms with Crippen LogP contribution < -0.4 is 10.5 Å². The lowest BCUT2D eigenvalue weighted by Crippen LogP contribution is -2.12. The minimum atomic E-state index is -0.0867. The number of amidine groups is 1. The molecule has 0 aliphatic rings. The first-order valence-electron chi connectivity index (χ1n) is 6.31. The van der Waals surface area contributed by atoms with Gasteiger partial charge in [-0.1, -0.05) is 35.9 Å². The van der Waals surface area contributed by atoms with Crippen LogP contribution in [0.15, 0.2) is 54.7 Å². The van der Waals surface area contributed by atoms with Crippen LogP contribution >= 0.6 is 11.6 Å². The van der Waals surface area contributed by atoms with Crippen LogP contribution in [0.3, 0.4) is 0 Å². The lowest BCUT2D eigenvalue weighted by molar-refractivity contribution is 0.467. The zero-order valence-corrected chi connectivity index (χ0v) is 11.8. The van der Waals surface area contributed by atoms with Crippen molar-refractivity contribution in [3.8, 4) is 11.6 Å². The molecule has 0 radical (unpaired) electrons. The van der Waals surface area contributed by atoms with E-state index in [-0.39, 0.29) is 5.84 Å². The van der Waals surface area contributed by atoms with Gasteiger partial charge >= 0.3 is 0 Å². The number of nitrogens with two attached hydrogens (primary N) is 1. The van der Waals surface area contributed by atoms with Crippen LogP contribution in [-0.2, 0) is 0 Å². The molecule has 1 aromatic heterocycles. The quantitative estimate of drug-likeness (QED) is 0.567. The summed E-state index contributed by atoms with van der Waals surface area (Å²) in [5.41, 5.74) is 6.00. The van der Waals surface area contributed by atoms with E-state index < -0.39 is 0 Å². The molecule has 0 atom stereocenters.